The smallest absolute Gasteiger partial charge is 0.208 e. The van der Waals surface area contributed by atoms with E-state index in [4.69, 9.17) is 9.47 Å². The van der Waals surface area contributed by atoms with Gasteiger partial charge in [0.1, 0.15) is 5.75 Å². The first kappa shape index (κ1) is 18.0. The highest BCUT2D eigenvalue weighted by Gasteiger charge is 2.31. The van der Waals surface area contributed by atoms with Gasteiger partial charge in [0.05, 0.1) is 6.10 Å². The molecule has 0 N–H and O–H groups in total. The molecular formula is C19H32O2. The average molecular weight is 292 g/mol. The maximum Gasteiger partial charge on any atom is 0.208 e. The van der Waals surface area contributed by atoms with Gasteiger partial charge in [0.15, 0.2) is 0 Å². The Balaban J connectivity index is 2.84. The molecule has 0 spiro atoms. The van der Waals surface area contributed by atoms with Crippen LogP contribution in [-0.4, -0.2) is 11.9 Å². The molecule has 1 rings (SSSR count). The van der Waals surface area contributed by atoms with Crippen LogP contribution in [0.3, 0.4) is 0 Å². The first-order valence-corrected chi connectivity index (χ1v) is 8.38. The van der Waals surface area contributed by atoms with Crippen LogP contribution in [0.5, 0.6) is 5.75 Å². The van der Waals surface area contributed by atoms with Crippen molar-refractivity contribution in [3.8, 4) is 5.75 Å². The van der Waals surface area contributed by atoms with Crippen LogP contribution in [0.4, 0.5) is 0 Å². The predicted octanol–water partition coefficient (Wildman–Crippen LogP) is 5.60. The molecule has 0 aliphatic carbocycles. The molecule has 1 atom stereocenters. The Labute approximate surface area is 130 Å². The summed E-state index contributed by atoms with van der Waals surface area (Å²) in [5, 5.41) is 0. The molecule has 0 amide bonds. The first-order chi connectivity index (χ1) is 9.92. The van der Waals surface area contributed by atoms with Gasteiger partial charge in [0.2, 0.25) is 5.79 Å². The van der Waals surface area contributed by atoms with Gasteiger partial charge in [-0.3, -0.25) is 0 Å². The third-order valence-corrected chi connectivity index (χ3v) is 3.77. The summed E-state index contributed by atoms with van der Waals surface area (Å²) < 4.78 is 12.5. The normalized spacial score (nSPS) is 14.5. The molecule has 0 saturated carbocycles. The summed E-state index contributed by atoms with van der Waals surface area (Å²) in [6, 6.07) is 8.35. The van der Waals surface area contributed by atoms with Gasteiger partial charge in [-0.25, -0.2) is 0 Å². The third kappa shape index (κ3) is 6.09. The minimum atomic E-state index is -0.557. The zero-order valence-corrected chi connectivity index (χ0v) is 14.6. The van der Waals surface area contributed by atoms with E-state index >= 15 is 0 Å². The van der Waals surface area contributed by atoms with Crippen molar-refractivity contribution in [3.63, 3.8) is 0 Å². The lowest BCUT2D eigenvalue weighted by Crippen LogP contribution is -2.40. The quantitative estimate of drug-likeness (QED) is 0.552. The molecule has 21 heavy (non-hydrogen) atoms. The fourth-order valence-corrected chi connectivity index (χ4v) is 2.71. The number of hydrogen-bond acceptors (Lipinski definition) is 2. The van der Waals surface area contributed by atoms with E-state index in [9.17, 15) is 0 Å². The molecular weight excluding hydrogens is 260 g/mol. The molecule has 0 saturated heterocycles. The fraction of sp³-hybridized carbons (Fsp3) is 0.684. The molecule has 0 radical (unpaired) electrons. The van der Waals surface area contributed by atoms with Crippen molar-refractivity contribution in [1.29, 1.82) is 0 Å². The second-order valence-electron chi connectivity index (χ2n) is 6.39. The molecule has 2 heteroatoms. The second kappa shape index (κ2) is 8.43. The summed E-state index contributed by atoms with van der Waals surface area (Å²) in [5.74, 6) is 0.860. The maximum absolute atomic E-state index is 6.29. The van der Waals surface area contributed by atoms with Gasteiger partial charge >= 0.3 is 0 Å². The zero-order chi connectivity index (χ0) is 15.9. The van der Waals surface area contributed by atoms with Gasteiger partial charge in [-0.05, 0) is 42.9 Å². The van der Waals surface area contributed by atoms with Gasteiger partial charge in [-0.2, -0.15) is 0 Å². The Morgan fingerprint density at radius 2 is 1.57 bits per heavy atom. The SMILES string of the molecule is CCc1ccc(OC(C)(CC(C)C)OC(CC)CC)cc1. The number of ether oxygens (including phenoxy) is 2. The van der Waals surface area contributed by atoms with Crippen LogP contribution in [0.1, 0.15) is 66.4 Å². The van der Waals surface area contributed by atoms with Crippen LogP contribution in [0.2, 0.25) is 0 Å². The van der Waals surface area contributed by atoms with E-state index in [0.29, 0.717) is 5.92 Å². The van der Waals surface area contributed by atoms with Gasteiger partial charge < -0.3 is 9.47 Å². The summed E-state index contributed by atoms with van der Waals surface area (Å²) in [4.78, 5) is 0. The molecule has 0 aliphatic rings. The molecule has 0 fully saturated rings. The van der Waals surface area contributed by atoms with Crippen molar-refractivity contribution in [3.05, 3.63) is 29.8 Å². The van der Waals surface area contributed by atoms with Crippen LogP contribution in [0, 0.1) is 5.92 Å². The van der Waals surface area contributed by atoms with E-state index in [1.54, 1.807) is 0 Å². The van der Waals surface area contributed by atoms with E-state index in [2.05, 4.69) is 53.7 Å². The highest BCUT2D eigenvalue weighted by molar-refractivity contribution is 5.27. The fourth-order valence-electron chi connectivity index (χ4n) is 2.71. The number of benzene rings is 1. The lowest BCUT2D eigenvalue weighted by Gasteiger charge is -2.35. The van der Waals surface area contributed by atoms with Crippen molar-refractivity contribution < 1.29 is 9.47 Å². The van der Waals surface area contributed by atoms with E-state index < -0.39 is 5.79 Å². The average Bonchev–Trinajstić information content (AvgIpc) is 2.44. The van der Waals surface area contributed by atoms with Gasteiger partial charge in [0, 0.05) is 13.3 Å². The van der Waals surface area contributed by atoms with Crippen molar-refractivity contribution in [2.75, 3.05) is 0 Å². The van der Waals surface area contributed by atoms with Crippen LogP contribution < -0.4 is 4.74 Å². The largest absolute Gasteiger partial charge is 0.463 e. The molecule has 1 aromatic carbocycles. The van der Waals surface area contributed by atoms with Crippen molar-refractivity contribution >= 4 is 0 Å². The van der Waals surface area contributed by atoms with Gasteiger partial charge in [0.25, 0.3) is 0 Å². The lowest BCUT2D eigenvalue weighted by atomic mass is 10.0. The van der Waals surface area contributed by atoms with E-state index in [-0.39, 0.29) is 6.10 Å². The minimum absolute atomic E-state index is 0.253. The Hall–Kier alpha value is -1.02. The topological polar surface area (TPSA) is 18.5 Å². The molecule has 1 aromatic rings. The lowest BCUT2D eigenvalue weighted by molar-refractivity contribution is -0.209. The first-order valence-electron chi connectivity index (χ1n) is 8.38. The third-order valence-electron chi connectivity index (χ3n) is 3.77. The Bertz CT molecular complexity index is 393. The second-order valence-corrected chi connectivity index (χ2v) is 6.39. The van der Waals surface area contributed by atoms with Crippen LogP contribution in [-0.2, 0) is 11.2 Å². The number of hydrogen-bond donors (Lipinski definition) is 0. The highest BCUT2D eigenvalue weighted by atomic mass is 16.7. The summed E-state index contributed by atoms with van der Waals surface area (Å²) in [7, 11) is 0. The van der Waals surface area contributed by atoms with Crippen LogP contribution in [0.25, 0.3) is 0 Å². The van der Waals surface area contributed by atoms with Crippen molar-refractivity contribution in [1.82, 2.24) is 0 Å². The van der Waals surface area contributed by atoms with Crippen molar-refractivity contribution in [2.24, 2.45) is 5.92 Å². The molecule has 2 nitrogen and oxygen atoms in total. The molecule has 0 aromatic heterocycles. The molecule has 120 valence electrons. The van der Waals surface area contributed by atoms with E-state index in [1.165, 1.54) is 5.56 Å². The van der Waals surface area contributed by atoms with Crippen LogP contribution in [0.15, 0.2) is 24.3 Å². The molecule has 0 heterocycles. The predicted molar refractivity (Wildman–Crippen MR) is 89.8 cm³/mol. The van der Waals surface area contributed by atoms with Gasteiger partial charge in [-0.1, -0.05) is 46.8 Å². The zero-order valence-electron chi connectivity index (χ0n) is 14.6. The molecule has 0 aliphatic heterocycles. The Morgan fingerprint density at radius 1 is 1.00 bits per heavy atom. The number of aryl methyl sites for hydroxylation is 1. The standard InChI is InChI=1S/C19H32O2/c1-7-16-10-12-18(13-11-16)21-19(6,14-15(4)5)20-17(8-2)9-3/h10-13,15,17H,7-9,14H2,1-6H3. The summed E-state index contributed by atoms with van der Waals surface area (Å²) >= 11 is 0. The molecule has 0 bridgehead atoms. The van der Waals surface area contributed by atoms with Crippen molar-refractivity contribution in [2.45, 2.75) is 79.1 Å². The van der Waals surface area contributed by atoms with Crippen LogP contribution >= 0.6 is 0 Å². The maximum atomic E-state index is 6.29. The summed E-state index contributed by atoms with van der Waals surface area (Å²) in [6.07, 6.45) is 4.22. The van der Waals surface area contributed by atoms with E-state index in [0.717, 1.165) is 31.4 Å². The van der Waals surface area contributed by atoms with E-state index in [1.807, 2.05) is 12.1 Å². The monoisotopic (exact) mass is 292 g/mol. The molecule has 1 unspecified atom stereocenters. The highest BCUT2D eigenvalue weighted by Crippen LogP contribution is 2.28. The summed E-state index contributed by atoms with van der Waals surface area (Å²) in [6.45, 7) is 13.0. The Morgan fingerprint density at radius 3 is 2.00 bits per heavy atom. The summed E-state index contributed by atoms with van der Waals surface area (Å²) in [5.41, 5.74) is 1.33. The minimum Gasteiger partial charge on any atom is -0.463 e. The number of rotatable bonds is 9. The Kier molecular flexibility index (Phi) is 7.24. The van der Waals surface area contributed by atoms with Gasteiger partial charge in [-0.15, -0.1) is 0 Å².